The van der Waals surface area contributed by atoms with Gasteiger partial charge in [0.15, 0.2) is 0 Å². The Kier molecular flexibility index (Phi) is 7.57. The average Bonchev–Trinajstić information content (AvgIpc) is 3.26. The van der Waals surface area contributed by atoms with Gasteiger partial charge >= 0.3 is 6.03 Å². The Bertz CT molecular complexity index is 1160. The van der Waals surface area contributed by atoms with Crippen molar-refractivity contribution in [2.75, 3.05) is 44.2 Å². The zero-order chi connectivity index (χ0) is 26.0. The van der Waals surface area contributed by atoms with E-state index in [0.717, 1.165) is 41.0 Å². The van der Waals surface area contributed by atoms with Gasteiger partial charge in [-0.2, -0.15) is 5.10 Å². The lowest BCUT2D eigenvalue weighted by Crippen LogP contribution is -2.64. The topological polar surface area (TPSA) is 76.3 Å². The summed E-state index contributed by atoms with van der Waals surface area (Å²) in [6.07, 6.45) is 9.75. The lowest BCUT2D eigenvalue weighted by molar-refractivity contribution is -0.0808. The van der Waals surface area contributed by atoms with Crippen LogP contribution in [-0.2, 0) is 0 Å². The first-order chi connectivity index (χ1) is 17.1. The van der Waals surface area contributed by atoms with Crippen LogP contribution in [-0.4, -0.2) is 87.5 Å². The van der Waals surface area contributed by atoms with E-state index in [0.29, 0.717) is 32.2 Å². The van der Waals surface area contributed by atoms with E-state index in [4.69, 9.17) is 0 Å². The first-order valence-electron chi connectivity index (χ1n) is 12.9. The summed E-state index contributed by atoms with van der Waals surface area (Å²) in [6, 6.07) is 4.71. The normalized spacial score (nSPS) is 18.9. The number of nitrogens with zero attached hydrogens (tertiary/aromatic N) is 5. The second-order valence-corrected chi connectivity index (χ2v) is 10.5. The maximum Gasteiger partial charge on any atom is 0.317 e. The van der Waals surface area contributed by atoms with Crippen molar-refractivity contribution in [2.24, 2.45) is 0 Å². The molecule has 2 aliphatic heterocycles. The van der Waals surface area contributed by atoms with Crippen LogP contribution in [0.15, 0.2) is 54.9 Å². The molecule has 2 saturated heterocycles. The predicted molar refractivity (Wildman–Crippen MR) is 146 cm³/mol. The highest BCUT2D eigenvalue weighted by Gasteiger charge is 2.43. The predicted octanol–water partition coefficient (Wildman–Crippen LogP) is 3.55. The van der Waals surface area contributed by atoms with Crippen LogP contribution in [0.4, 0.5) is 10.5 Å². The Balaban J connectivity index is 1.45. The molecule has 0 radical (unpaired) electrons. The molecule has 0 unspecified atom stereocenters. The van der Waals surface area contributed by atoms with Gasteiger partial charge in [0.1, 0.15) is 5.60 Å². The van der Waals surface area contributed by atoms with Gasteiger partial charge in [-0.15, -0.1) is 0 Å². The zero-order valence-electron chi connectivity index (χ0n) is 22.2. The number of amides is 2. The number of nitrogens with one attached hydrogen (secondary N) is 1. The minimum atomic E-state index is -0.801. The molecule has 0 bridgehead atoms. The molecular formula is C28H40N6O2. The van der Waals surface area contributed by atoms with Crippen molar-refractivity contribution in [3.8, 4) is 0 Å². The van der Waals surface area contributed by atoms with Crippen LogP contribution >= 0.6 is 0 Å². The summed E-state index contributed by atoms with van der Waals surface area (Å²) >= 11 is 0. The molecule has 2 amide bonds. The van der Waals surface area contributed by atoms with Crippen LogP contribution in [0.2, 0.25) is 0 Å². The van der Waals surface area contributed by atoms with Crippen molar-refractivity contribution in [3.05, 3.63) is 60.5 Å². The second-order valence-electron chi connectivity index (χ2n) is 10.5. The maximum absolute atomic E-state index is 12.3. The SMILES string of the molecule is C=C(/C=C\C(=C/C)C1(O)CN(C(C)C)C1)c1cc2c(N3CCN(C(=O)NC(C)C)CC3)ccnn2c1. The smallest absolute Gasteiger partial charge is 0.317 e. The van der Waals surface area contributed by atoms with Crippen molar-refractivity contribution in [1.29, 1.82) is 0 Å². The minimum Gasteiger partial charge on any atom is -0.382 e. The fourth-order valence-electron chi connectivity index (χ4n) is 4.91. The van der Waals surface area contributed by atoms with Gasteiger partial charge in [0.2, 0.25) is 0 Å². The Hall–Kier alpha value is -3.10. The molecule has 0 spiro atoms. The lowest BCUT2D eigenvalue weighted by atomic mass is 9.84. The Morgan fingerprint density at radius 1 is 1.17 bits per heavy atom. The molecule has 8 nitrogen and oxygen atoms in total. The summed E-state index contributed by atoms with van der Waals surface area (Å²) in [5, 5.41) is 18.5. The quantitative estimate of drug-likeness (QED) is 0.578. The molecule has 4 rings (SSSR count). The number of hydrogen-bond donors (Lipinski definition) is 2. The molecule has 194 valence electrons. The largest absolute Gasteiger partial charge is 0.382 e. The van der Waals surface area contributed by atoms with E-state index in [1.165, 1.54) is 0 Å². The number of aromatic nitrogens is 2. The number of carbonyl (C=O) groups excluding carboxylic acids is 1. The van der Waals surface area contributed by atoms with Gasteiger partial charge < -0.3 is 20.2 Å². The Morgan fingerprint density at radius 3 is 2.47 bits per heavy atom. The monoisotopic (exact) mass is 492 g/mol. The first kappa shape index (κ1) is 26.0. The van der Waals surface area contributed by atoms with Crippen molar-refractivity contribution in [3.63, 3.8) is 0 Å². The third-order valence-electron chi connectivity index (χ3n) is 7.15. The van der Waals surface area contributed by atoms with Crippen LogP contribution in [0.1, 0.15) is 40.2 Å². The third-order valence-corrected chi connectivity index (χ3v) is 7.15. The summed E-state index contributed by atoms with van der Waals surface area (Å²) in [5.74, 6) is 0. The van der Waals surface area contributed by atoms with Crippen LogP contribution in [0.3, 0.4) is 0 Å². The fraction of sp³-hybridized carbons (Fsp3) is 0.500. The molecule has 0 aliphatic carbocycles. The highest BCUT2D eigenvalue weighted by Crippen LogP contribution is 2.32. The minimum absolute atomic E-state index is 0.00144. The molecule has 36 heavy (non-hydrogen) atoms. The molecule has 0 aromatic carbocycles. The van der Waals surface area contributed by atoms with Gasteiger partial charge in [0.05, 0.1) is 11.2 Å². The Labute approximate surface area is 214 Å². The van der Waals surface area contributed by atoms with Crippen LogP contribution < -0.4 is 10.2 Å². The number of aliphatic hydroxyl groups is 1. The highest BCUT2D eigenvalue weighted by atomic mass is 16.3. The van der Waals surface area contributed by atoms with Gasteiger partial charge in [-0.1, -0.05) is 24.8 Å². The maximum atomic E-state index is 12.3. The number of fused-ring (bicyclic) bond motifs is 1. The molecule has 2 fully saturated rings. The van der Waals surface area contributed by atoms with E-state index >= 15 is 0 Å². The number of rotatable bonds is 7. The summed E-state index contributed by atoms with van der Waals surface area (Å²) in [4.78, 5) is 18.8. The van der Waals surface area contributed by atoms with Gasteiger partial charge in [0, 0.05) is 69.3 Å². The first-order valence-corrected chi connectivity index (χ1v) is 12.9. The lowest BCUT2D eigenvalue weighted by Gasteiger charge is -2.49. The van der Waals surface area contributed by atoms with Gasteiger partial charge in [0.25, 0.3) is 0 Å². The van der Waals surface area contributed by atoms with Crippen molar-refractivity contribution in [2.45, 2.75) is 52.3 Å². The van der Waals surface area contributed by atoms with Crippen molar-refractivity contribution < 1.29 is 9.90 Å². The number of carbonyl (C=O) groups is 1. The van der Waals surface area contributed by atoms with Crippen LogP contribution in [0, 0.1) is 0 Å². The number of allylic oxidation sites excluding steroid dienone is 3. The van der Waals surface area contributed by atoms with E-state index in [1.807, 2.05) is 66.9 Å². The molecule has 2 aliphatic rings. The summed E-state index contributed by atoms with van der Waals surface area (Å²) in [5.41, 5.74) is 4.08. The van der Waals surface area contributed by atoms with E-state index < -0.39 is 5.60 Å². The van der Waals surface area contributed by atoms with Gasteiger partial charge in [-0.3, -0.25) is 4.90 Å². The fourth-order valence-corrected chi connectivity index (χ4v) is 4.91. The van der Waals surface area contributed by atoms with E-state index in [9.17, 15) is 9.90 Å². The summed E-state index contributed by atoms with van der Waals surface area (Å²) in [6.45, 7) is 18.7. The number of piperazine rings is 1. The number of likely N-dealkylation sites (tertiary alicyclic amines) is 1. The number of anilines is 1. The molecule has 4 heterocycles. The van der Waals surface area contributed by atoms with Crippen LogP contribution in [0.25, 0.3) is 11.1 Å². The van der Waals surface area contributed by atoms with E-state index in [1.54, 1.807) is 0 Å². The van der Waals surface area contributed by atoms with Gasteiger partial charge in [-0.25, -0.2) is 9.31 Å². The van der Waals surface area contributed by atoms with E-state index in [2.05, 4.69) is 46.7 Å². The van der Waals surface area contributed by atoms with Crippen molar-refractivity contribution in [1.82, 2.24) is 24.7 Å². The zero-order valence-corrected chi connectivity index (χ0v) is 22.2. The number of hydrogen-bond acceptors (Lipinski definition) is 5. The molecule has 2 aromatic heterocycles. The van der Waals surface area contributed by atoms with Crippen LogP contribution in [0.5, 0.6) is 0 Å². The molecule has 2 aromatic rings. The standard InChI is InChI=1S/C28H40N6O2/c1-7-24(28(36)18-33(19-28)21(4)5)9-8-22(6)23-16-26-25(10-11-29-34(26)17-23)31-12-14-32(15-13-31)27(35)30-20(2)3/h7-11,16-17,20-21,36H,6,12-15,18-19H2,1-5H3,(H,30,35)/b9-8-,24-7+. The number of urea groups is 1. The molecule has 2 N–H and O–H groups in total. The molecule has 0 atom stereocenters. The molecular weight excluding hydrogens is 452 g/mol. The van der Waals surface area contributed by atoms with Gasteiger partial charge in [-0.05, 0) is 57.9 Å². The van der Waals surface area contributed by atoms with E-state index in [-0.39, 0.29) is 12.1 Å². The Morgan fingerprint density at radius 2 is 1.86 bits per heavy atom. The molecule has 0 saturated carbocycles. The third kappa shape index (κ3) is 5.34. The average molecular weight is 493 g/mol. The number of β-amino-alcohol motifs (C(OH)–C–C–N with tert-alkyl or cyclic N) is 1. The van der Waals surface area contributed by atoms with Crippen molar-refractivity contribution >= 4 is 22.8 Å². The molecule has 8 heteroatoms. The second kappa shape index (κ2) is 10.5. The summed E-state index contributed by atoms with van der Waals surface area (Å²) < 4.78 is 1.89. The summed E-state index contributed by atoms with van der Waals surface area (Å²) in [7, 11) is 0. The highest BCUT2D eigenvalue weighted by molar-refractivity contribution is 5.82.